The minimum absolute atomic E-state index is 0.137. The highest BCUT2D eigenvalue weighted by Crippen LogP contribution is 2.23. The molecule has 5 nitrogen and oxygen atoms in total. The van der Waals surface area contributed by atoms with Crippen molar-refractivity contribution in [1.29, 1.82) is 0 Å². The maximum Gasteiger partial charge on any atom is 0.261 e. The molecule has 0 radical (unpaired) electrons. The molecule has 0 atom stereocenters. The third-order valence-electron chi connectivity index (χ3n) is 3.70. The molecule has 0 aliphatic rings. The molecule has 144 valence electrons. The zero-order valence-corrected chi connectivity index (χ0v) is 17.3. The molecule has 3 rings (SSSR count). The van der Waals surface area contributed by atoms with E-state index in [-0.39, 0.29) is 16.1 Å². The van der Waals surface area contributed by atoms with Crippen molar-refractivity contribution in [2.24, 2.45) is 0 Å². The molecule has 0 saturated heterocycles. The van der Waals surface area contributed by atoms with E-state index in [2.05, 4.69) is 26.0 Å². The van der Waals surface area contributed by atoms with E-state index in [0.717, 1.165) is 10.5 Å². The van der Waals surface area contributed by atoms with Gasteiger partial charge in [-0.25, -0.2) is 12.8 Å². The minimum Gasteiger partial charge on any atom is -0.319 e. The maximum absolute atomic E-state index is 14.4. The molecule has 0 fully saturated rings. The van der Waals surface area contributed by atoms with Crippen LogP contribution in [0.15, 0.2) is 76.1 Å². The Hall–Kier alpha value is -2.42. The number of hydrogen-bond acceptors (Lipinski definition) is 3. The highest BCUT2D eigenvalue weighted by Gasteiger charge is 2.18. The van der Waals surface area contributed by atoms with E-state index in [9.17, 15) is 17.6 Å². The lowest BCUT2D eigenvalue weighted by Crippen LogP contribution is -2.15. The van der Waals surface area contributed by atoms with Gasteiger partial charge in [0.05, 0.1) is 10.6 Å². The molecule has 0 spiro atoms. The lowest BCUT2D eigenvalue weighted by Gasteiger charge is -2.11. The quantitative estimate of drug-likeness (QED) is 0.517. The van der Waals surface area contributed by atoms with Crippen molar-refractivity contribution in [3.63, 3.8) is 0 Å². The second-order valence-electron chi connectivity index (χ2n) is 5.72. The lowest BCUT2D eigenvalue weighted by molar-refractivity contribution is 0.102. The molecule has 0 bridgehead atoms. The zero-order chi connectivity index (χ0) is 20.3. The predicted molar refractivity (Wildman–Crippen MR) is 111 cm³/mol. The summed E-state index contributed by atoms with van der Waals surface area (Å²) >= 11 is 9.03. The van der Waals surface area contributed by atoms with Crippen molar-refractivity contribution in [2.75, 3.05) is 10.0 Å². The molecule has 3 aromatic rings. The summed E-state index contributed by atoms with van der Waals surface area (Å²) in [7, 11) is -3.98. The number of benzene rings is 3. The Kier molecular flexibility index (Phi) is 6.02. The van der Waals surface area contributed by atoms with E-state index in [0.29, 0.717) is 10.7 Å². The number of rotatable bonds is 5. The first kappa shape index (κ1) is 20.3. The van der Waals surface area contributed by atoms with Gasteiger partial charge in [0.15, 0.2) is 0 Å². The van der Waals surface area contributed by atoms with Gasteiger partial charge in [0.1, 0.15) is 5.82 Å². The Morgan fingerprint density at radius 2 is 1.61 bits per heavy atom. The molecule has 0 heterocycles. The smallest absolute Gasteiger partial charge is 0.261 e. The predicted octanol–water partition coefficient (Wildman–Crippen LogP) is 5.29. The first-order chi connectivity index (χ1) is 13.2. The van der Waals surface area contributed by atoms with Gasteiger partial charge in [0, 0.05) is 20.7 Å². The third-order valence-corrected chi connectivity index (χ3v) is 5.86. The van der Waals surface area contributed by atoms with Crippen molar-refractivity contribution in [3.05, 3.63) is 87.6 Å². The fourth-order valence-electron chi connectivity index (χ4n) is 2.29. The van der Waals surface area contributed by atoms with Gasteiger partial charge >= 0.3 is 0 Å². The molecule has 0 saturated carbocycles. The maximum atomic E-state index is 14.4. The molecule has 28 heavy (non-hydrogen) atoms. The van der Waals surface area contributed by atoms with Crippen LogP contribution < -0.4 is 10.0 Å². The number of halogens is 3. The number of hydrogen-bond donors (Lipinski definition) is 2. The molecule has 3 aromatic carbocycles. The summed E-state index contributed by atoms with van der Waals surface area (Å²) in [6.45, 7) is 0. The van der Waals surface area contributed by atoms with Crippen LogP contribution in [0.25, 0.3) is 0 Å². The normalized spacial score (nSPS) is 11.1. The molecule has 0 aliphatic heterocycles. The number of carbonyl (C=O) groups is 1. The van der Waals surface area contributed by atoms with Gasteiger partial charge in [-0.2, -0.15) is 0 Å². The van der Waals surface area contributed by atoms with Gasteiger partial charge in [0.2, 0.25) is 0 Å². The van der Waals surface area contributed by atoms with Crippen LogP contribution in [-0.2, 0) is 10.0 Å². The fourth-order valence-corrected chi connectivity index (χ4v) is 3.75. The molecule has 9 heteroatoms. The molecule has 0 aromatic heterocycles. The van der Waals surface area contributed by atoms with Crippen LogP contribution in [0.5, 0.6) is 0 Å². The van der Waals surface area contributed by atoms with Crippen molar-refractivity contribution in [2.45, 2.75) is 4.90 Å². The first-order valence-corrected chi connectivity index (χ1v) is 10.5. The van der Waals surface area contributed by atoms with E-state index < -0.39 is 21.7 Å². The van der Waals surface area contributed by atoms with Crippen molar-refractivity contribution in [1.82, 2.24) is 0 Å². The Morgan fingerprint density at radius 1 is 0.964 bits per heavy atom. The average Bonchev–Trinajstić information content (AvgIpc) is 2.65. The van der Waals surface area contributed by atoms with Gasteiger partial charge in [-0.05, 0) is 66.7 Å². The molecule has 2 N–H and O–H groups in total. The summed E-state index contributed by atoms with van der Waals surface area (Å²) in [5.41, 5.74) is 0.490. The monoisotopic (exact) mass is 482 g/mol. The van der Waals surface area contributed by atoms with Gasteiger partial charge < -0.3 is 5.32 Å². The van der Waals surface area contributed by atoms with E-state index in [1.807, 2.05) is 0 Å². The number of amides is 1. The van der Waals surface area contributed by atoms with E-state index in [4.69, 9.17) is 11.6 Å². The Morgan fingerprint density at radius 3 is 2.21 bits per heavy atom. The van der Waals surface area contributed by atoms with Crippen LogP contribution in [0.4, 0.5) is 15.8 Å². The summed E-state index contributed by atoms with van der Waals surface area (Å²) in [4.78, 5) is 11.9. The first-order valence-electron chi connectivity index (χ1n) is 7.89. The van der Waals surface area contributed by atoms with E-state index in [1.54, 1.807) is 24.3 Å². The third kappa shape index (κ3) is 4.89. The molecular weight excluding hydrogens is 471 g/mol. The van der Waals surface area contributed by atoms with Gasteiger partial charge in [-0.15, -0.1) is 0 Å². The summed E-state index contributed by atoms with van der Waals surface area (Å²) in [5.74, 6) is -1.42. The summed E-state index contributed by atoms with van der Waals surface area (Å²) in [6, 6.07) is 15.8. The largest absolute Gasteiger partial charge is 0.319 e. The number of anilines is 2. The highest BCUT2D eigenvalue weighted by molar-refractivity contribution is 9.10. The minimum atomic E-state index is -3.98. The summed E-state index contributed by atoms with van der Waals surface area (Å²) in [6.07, 6.45) is 0. The molecular formula is C19H13BrClFN2O3S. The summed E-state index contributed by atoms with van der Waals surface area (Å²) < 4.78 is 42.4. The second-order valence-corrected chi connectivity index (χ2v) is 8.75. The van der Waals surface area contributed by atoms with Crippen molar-refractivity contribution in [3.8, 4) is 0 Å². The molecule has 0 aliphatic carbocycles. The zero-order valence-electron chi connectivity index (χ0n) is 14.1. The topological polar surface area (TPSA) is 75.3 Å². The van der Waals surface area contributed by atoms with E-state index >= 15 is 0 Å². The number of nitrogens with one attached hydrogen (secondary N) is 2. The fraction of sp³-hybridized carbons (Fsp3) is 0. The Bertz CT molecular complexity index is 1120. The SMILES string of the molecule is O=C(Nc1ccc(S(=O)(=O)Nc2ccc(Br)cc2)cc1F)c1ccc(Cl)cc1. The van der Waals surface area contributed by atoms with Crippen LogP contribution >= 0.6 is 27.5 Å². The van der Waals surface area contributed by atoms with Crippen molar-refractivity contribution >= 4 is 54.8 Å². The average molecular weight is 484 g/mol. The van der Waals surface area contributed by atoms with Crippen LogP contribution in [0.1, 0.15) is 10.4 Å². The van der Waals surface area contributed by atoms with E-state index in [1.165, 1.54) is 36.4 Å². The lowest BCUT2D eigenvalue weighted by atomic mass is 10.2. The Labute approximate surface area is 174 Å². The van der Waals surface area contributed by atoms with Crippen molar-refractivity contribution < 1.29 is 17.6 Å². The Balaban J connectivity index is 1.78. The summed E-state index contributed by atoms with van der Waals surface area (Å²) in [5, 5.41) is 2.87. The van der Waals surface area contributed by atoms with Crippen LogP contribution in [-0.4, -0.2) is 14.3 Å². The molecule has 1 amide bonds. The van der Waals surface area contributed by atoms with Crippen LogP contribution in [0, 0.1) is 5.82 Å². The molecule has 0 unspecified atom stereocenters. The van der Waals surface area contributed by atoms with Gasteiger partial charge in [0.25, 0.3) is 15.9 Å². The second kappa shape index (κ2) is 8.30. The van der Waals surface area contributed by atoms with Crippen LogP contribution in [0.2, 0.25) is 5.02 Å². The standard InChI is InChI=1S/C19H13BrClFN2O3S/c20-13-3-7-15(8-4-13)24-28(26,27)16-9-10-18(17(22)11-16)23-19(25)12-1-5-14(21)6-2-12/h1-11,24H,(H,23,25). The van der Waals surface area contributed by atoms with Gasteiger partial charge in [-0.3, -0.25) is 9.52 Å². The number of carbonyl (C=O) groups excluding carboxylic acids is 1. The number of sulfonamides is 1. The highest BCUT2D eigenvalue weighted by atomic mass is 79.9. The van der Waals surface area contributed by atoms with Crippen LogP contribution in [0.3, 0.4) is 0 Å². The van der Waals surface area contributed by atoms with Gasteiger partial charge in [-0.1, -0.05) is 27.5 Å².